The third-order valence-electron chi connectivity index (χ3n) is 2.23. The smallest absolute Gasteiger partial charge is 0.340 e. The maximum Gasteiger partial charge on any atom is 0.340 e. The molecular weight excluding hydrogens is 192 g/mol. The molecule has 1 rings (SSSR count). The van der Waals surface area contributed by atoms with Crippen molar-refractivity contribution in [1.29, 1.82) is 0 Å². The van der Waals surface area contributed by atoms with Gasteiger partial charge in [-0.15, -0.1) is 0 Å². The van der Waals surface area contributed by atoms with E-state index in [2.05, 4.69) is 4.98 Å². The van der Waals surface area contributed by atoms with Gasteiger partial charge in [0.15, 0.2) is 0 Å². The lowest BCUT2D eigenvalue weighted by molar-refractivity contribution is 0.0185. The van der Waals surface area contributed by atoms with Crippen molar-refractivity contribution in [3.05, 3.63) is 30.1 Å². The van der Waals surface area contributed by atoms with Gasteiger partial charge in [0.1, 0.15) is 6.10 Å². The van der Waals surface area contributed by atoms with Crippen molar-refractivity contribution in [1.82, 2.24) is 4.98 Å². The molecule has 0 aromatic carbocycles. The minimum Gasteiger partial charge on any atom is -0.457 e. The quantitative estimate of drug-likeness (QED) is 0.762. The number of ether oxygens (including phenoxy) is 1. The summed E-state index contributed by atoms with van der Waals surface area (Å²) in [4.78, 5) is 15.4. The number of hydrogen-bond donors (Lipinski definition) is 1. The van der Waals surface area contributed by atoms with Gasteiger partial charge in [-0.2, -0.15) is 0 Å². The third-order valence-corrected chi connectivity index (χ3v) is 2.23. The molecule has 0 aliphatic heterocycles. The summed E-state index contributed by atoms with van der Waals surface area (Å²) < 4.78 is 5.20. The van der Waals surface area contributed by atoms with Crippen LogP contribution in [0.5, 0.6) is 0 Å². The topological polar surface area (TPSA) is 65.2 Å². The molecule has 1 atom stereocenters. The molecule has 0 spiro atoms. The first kappa shape index (κ1) is 11.7. The van der Waals surface area contributed by atoms with E-state index in [1.165, 1.54) is 6.20 Å². The number of rotatable bonds is 3. The highest BCUT2D eigenvalue weighted by molar-refractivity contribution is 5.89. The second-order valence-electron chi connectivity index (χ2n) is 4.11. The van der Waals surface area contributed by atoms with Crippen molar-refractivity contribution in [3.63, 3.8) is 0 Å². The molecule has 2 N–H and O–H groups in total. The number of aromatic nitrogens is 1. The highest BCUT2D eigenvalue weighted by Crippen LogP contribution is 2.11. The average Bonchev–Trinajstić information content (AvgIpc) is 2.17. The van der Waals surface area contributed by atoms with Crippen molar-refractivity contribution >= 4 is 5.97 Å². The molecule has 1 aromatic heterocycles. The number of nitrogens with two attached hydrogens (primary N) is 1. The molecule has 15 heavy (non-hydrogen) atoms. The molecule has 0 saturated carbocycles. The molecule has 0 fully saturated rings. The molecule has 4 heteroatoms. The Kier molecular flexibility index (Phi) is 3.42. The summed E-state index contributed by atoms with van der Waals surface area (Å²) in [6.45, 7) is 5.40. The van der Waals surface area contributed by atoms with Gasteiger partial charge in [-0.3, -0.25) is 4.98 Å². The Morgan fingerprint density at radius 3 is 2.73 bits per heavy atom. The average molecular weight is 208 g/mol. The molecule has 1 heterocycles. The van der Waals surface area contributed by atoms with Gasteiger partial charge in [0.2, 0.25) is 0 Å². The summed E-state index contributed by atoms with van der Waals surface area (Å²) in [6.07, 6.45) is 2.73. The molecule has 0 saturated heterocycles. The van der Waals surface area contributed by atoms with Crippen molar-refractivity contribution in [2.75, 3.05) is 0 Å². The first-order valence-corrected chi connectivity index (χ1v) is 4.81. The molecular formula is C11H16N2O2. The first-order valence-electron chi connectivity index (χ1n) is 4.81. The Labute approximate surface area is 89.5 Å². The van der Waals surface area contributed by atoms with Crippen LogP contribution in [0, 0.1) is 0 Å². The molecule has 0 amide bonds. The molecule has 0 aliphatic carbocycles. The van der Waals surface area contributed by atoms with Crippen LogP contribution in [0.15, 0.2) is 24.5 Å². The summed E-state index contributed by atoms with van der Waals surface area (Å²) >= 11 is 0. The summed E-state index contributed by atoms with van der Waals surface area (Å²) in [7, 11) is 0. The predicted molar refractivity (Wildman–Crippen MR) is 57.4 cm³/mol. The summed E-state index contributed by atoms with van der Waals surface area (Å²) in [6, 6.07) is 3.35. The van der Waals surface area contributed by atoms with Crippen LogP contribution in [0.4, 0.5) is 0 Å². The molecule has 82 valence electrons. The van der Waals surface area contributed by atoms with Crippen LogP contribution in [0.25, 0.3) is 0 Å². The largest absolute Gasteiger partial charge is 0.457 e. The number of hydrogen-bond acceptors (Lipinski definition) is 4. The van der Waals surface area contributed by atoms with E-state index in [1.807, 2.05) is 13.8 Å². The fourth-order valence-corrected chi connectivity index (χ4v) is 0.864. The van der Waals surface area contributed by atoms with E-state index >= 15 is 0 Å². The molecule has 0 aliphatic rings. The van der Waals surface area contributed by atoms with E-state index < -0.39 is 11.5 Å². The van der Waals surface area contributed by atoms with Gasteiger partial charge in [0, 0.05) is 17.9 Å². The standard InChI is InChI=1S/C11H16N2O2/c1-8(11(2,3)12)15-10(14)9-5-4-6-13-7-9/h4-8H,12H2,1-3H3. The lowest BCUT2D eigenvalue weighted by Crippen LogP contribution is -2.45. The van der Waals surface area contributed by atoms with Gasteiger partial charge in [0.25, 0.3) is 0 Å². The van der Waals surface area contributed by atoms with E-state index in [-0.39, 0.29) is 6.10 Å². The van der Waals surface area contributed by atoms with Crippen LogP contribution in [0.1, 0.15) is 31.1 Å². The maximum atomic E-state index is 11.6. The van der Waals surface area contributed by atoms with E-state index in [9.17, 15) is 4.79 Å². The van der Waals surface area contributed by atoms with Crippen LogP contribution >= 0.6 is 0 Å². The third kappa shape index (κ3) is 3.32. The maximum absolute atomic E-state index is 11.6. The highest BCUT2D eigenvalue weighted by atomic mass is 16.5. The fraction of sp³-hybridized carbons (Fsp3) is 0.455. The lowest BCUT2D eigenvalue weighted by atomic mass is 10.0. The zero-order valence-electron chi connectivity index (χ0n) is 9.23. The van der Waals surface area contributed by atoms with Crippen molar-refractivity contribution < 1.29 is 9.53 Å². The second-order valence-corrected chi connectivity index (χ2v) is 4.11. The monoisotopic (exact) mass is 208 g/mol. The zero-order valence-corrected chi connectivity index (χ0v) is 9.23. The number of nitrogens with zero attached hydrogens (tertiary/aromatic N) is 1. The molecule has 0 bridgehead atoms. The van der Waals surface area contributed by atoms with Crippen molar-refractivity contribution in [3.8, 4) is 0 Å². The number of carbonyl (C=O) groups excluding carboxylic acids is 1. The minimum absolute atomic E-state index is 0.342. The van der Waals surface area contributed by atoms with Crippen molar-refractivity contribution in [2.45, 2.75) is 32.4 Å². The second kappa shape index (κ2) is 4.40. The zero-order chi connectivity index (χ0) is 11.5. The van der Waals surface area contributed by atoms with Crippen molar-refractivity contribution in [2.24, 2.45) is 5.73 Å². The number of esters is 1. The Morgan fingerprint density at radius 2 is 2.27 bits per heavy atom. The van der Waals surface area contributed by atoms with E-state index in [4.69, 9.17) is 10.5 Å². The molecule has 1 aromatic rings. The first-order chi connectivity index (χ1) is 6.91. The van der Waals surface area contributed by atoms with Gasteiger partial charge in [-0.05, 0) is 32.9 Å². The predicted octanol–water partition coefficient (Wildman–Crippen LogP) is 1.36. The van der Waals surface area contributed by atoms with E-state index in [1.54, 1.807) is 25.3 Å². The molecule has 1 unspecified atom stereocenters. The Balaban J connectivity index is 2.65. The van der Waals surface area contributed by atoms with Crippen LogP contribution in [-0.4, -0.2) is 22.6 Å². The van der Waals surface area contributed by atoms with E-state index in [0.717, 1.165) is 0 Å². The normalized spacial score (nSPS) is 13.3. The molecule has 4 nitrogen and oxygen atoms in total. The highest BCUT2D eigenvalue weighted by Gasteiger charge is 2.24. The minimum atomic E-state index is -0.544. The number of pyridine rings is 1. The lowest BCUT2D eigenvalue weighted by Gasteiger charge is -2.26. The van der Waals surface area contributed by atoms with Crippen LogP contribution in [0.3, 0.4) is 0 Å². The molecule has 0 radical (unpaired) electrons. The van der Waals surface area contributed by atoms with Crippen LogP contribution in [0.2, 0.25) is 0 Å². The Bertz CT molecular complexity index is 330. The van der Waals surface area contributed by atoms with Crippen LogP contribution in [-0.2, 0) is 4.74 Å². The van der Waals surface area contributed by atoms with E-state index in [0.29, 0.717) is 5.56 Å². The number of carbonyl (C=O) groups is 1. The fourth-order valence-electron chi connectivity index (χ4n) is 0.864. The van der Waals surface area contributed by atoms with Gasteiger partial charge < -0.3 is 10.5 Å². The summed E-state index contributed by atoms with van der Waals surface area (Å²) in [5.41, 5.74) is 5.71. The van der Waals surface area contributed by atoms with Gasteiger partial charge in [-0.1, -0.05) is 0 Å². The Hall–Kier alpha value is -1.42. The summed E-state index contributed by atoms with van der Waals surface area (Å²) in [5.74, 6) is -0.394. The van der Waals surface area contributed by atoms with Gasteiger partial charge in [-0.25, -0.2) is 4.79 Å². The summed E-state index contributed by atoms with van der Waals surface area (Å²) in [5, 5.41) is 0. The SMILES string of the molecule is CC(OC(=O)c1cccnc1)C(C)(C)N. The van der Waals surface area contributed by atoms with Crippen LogP contribution < -0.4 is 5.73 Å². The Morgan fingerprint density at radius 1 is 1.60 bits per heavy atom. The van der Waals surface area contributed by atoms with Gasteiger partial charge >= 0.3 is 5.97 Å². The van der Waals surface area contributed by atoms with Gasteiger partial charge in [0.05, 0.1) is 5.56 Å².